The Balaban J connectivity index is 2.17. The van der Waals surface area contributed by atoms with Gasteiger partial charge in [0.2, 0.25) is 0 Å². The molecule has 0 unspecified atom stereocenters. The van der Waals surface area contributed by atoms with E-state index in [4.69, 9.17) is 5.26 Å². The van der Waals surface area contributed by atoms with Crippen LogP contribution in [-0.4, -0.2) is 9.38 Å². The molecule has 4 heteroatoms. The van der Waals surface area contributed by atoms with Crippen molar-refractivity contribution >= 4 is 16.3 Å². The lowest BCUT2D eigenvalue weighted by atomic mass is 10.0. The number of aryl methyl sites for hydroxylation is 1. The number of rotatable bonds is 3. The molecule has 0 aliphatic carbocycles. The van der Waals surface area contributed by atoms with E-state index in [0.717, 1.165) is 16.3 Å². The van der Waals surface area contributed by atoms with Crippen LogP contribution in [0.25, 0.3) is 16.2 Å². The van der Waals surface area contributed by atoms with E-state index in [0.29, 0.717) is 12.3 Å². The van der Waals surface area contributed by atoms with E-state index in [1.165, 1.54) is 16.0 Å². The Bertz CT molecular complexity index is 816. The second-order valence-corrected chi connectivity index (χ2v) is 6.67. The van der Waals surface area contributed by atoms with Crippen LogP contribution < -0.4 is 0 Å². The Morgan fingerprint density at radius 1 is 1.29 bits per heavy atom. The maximum Gasteiger partial charge on any atom is 0.194 e. The third kappa shape index (κ3) is 2.34. The predicted molar refractivity (Wildman–Crippen MR) is 86.6 cm³/mol. The highest BCUT2D eigenvalue weighted by atomic mass is 32.1. The van der Waals surface area contributed by atoms with Gasteiger partial charge in [0.05, 0.1) is 30.1 Å². The third-order valence-corrected chi connectivity index (χ3v) is 4.69. The summed E-state index contributed by atoms with van der Waals surface area (Å²) in [6, 6.07) is 10.9. The monoisotopic (exact) mass is 295 g/mol. The topological polar surface area (TPSA) is 41.1 Å². The van der Waals surface area contributed by atoms with Crippen molar-refractivity contribution in [3.63, 3.8) is 0 Å². The van der Waals surface area contributed by atoms with Crippen molar-refractivity contribution in [1.29, 1.82) is 5.26 Å². The Morgan fingerprint density at radius 3 is 2.62 bits per heavy atom. The van der Waals surface area contributed by atoms with Crippen LogP contribution in [0.2, 0.25) is 0 Å². The summed E-state index contributed by atoms with van der Waals surface area (Å²) in [5.74, 6) is 0.532. The number of aromatic nitrogens is 2. The first-order valence-corrected chi connectivity index (χ1v) is 7.86. The summed E-state index contributed by atoms with van der Waals surface area (Å²) < 4.78 is 2.12. The number of nitriles is 1. The lowest BCUT2D eigenvalue weighted by Crippen LogP contribution is -1.94. The molecule has 3 rings (SSSR count). The summed E-state index contributed by atoms with van der Waals surface area (Å²) >= 11 is 1.67. The van der Waals surface area contributed by atoms with Gasteiger partial charge < -0.3 is 0 Å². The average molecular weight is 295 g/mol. The zero-order valence-corrected chi connectivity index (χ0v) is 13.2. The molecule has 0 N–H and O–H groups in total. The molecular formula is C17H17N3S. The Morgan fingerprint density at radius 2 is 2.00 bits per heavy atom. The van der Waals surface area contributed by atoms with Gasteiger partial charge in [0.15, 0.2) is 4.96 Å². The first-order valence-electron chi connectivity index (χ1n) is 7.05. The highest BCUT2D eigenvalue weighted by molar-refractivity contribution is 7.17. The fourth-order valence-electron chi connectivity index (χ4n) is 2.59. The van der Waals surface area contributed by atoms with Crippen molar-refractivity contribution in [2.45, 2.75) is 33.1 Å². The first kappa shape index (κ1) is 13.8. The molecule has 0 bridgehead atoms. The van der Waals surface area contributed by atoms with Crippen LogP contribution in [0.15, 0.2) is 30.5 Å². The minimum Gasteiger partial charge on any atom is -0.286 e. The molecule has 1 aromatic carbocycles. The van der Waals surface area contributed by atoms with E-state index in [1.807, 2.05) is 0 Å². The summed E-state index contributed by atoms with van der Waals surface area (Å²) in [6.07, 6.45) is 2.19. The highest BCUT2D eigenvalue weighted by Crippen LogP contribution is 2.33. The molecule has 2 heterocycles. The van der Waals surface area contributed by atoms with Gasteiger partial charge in [0.1, 0.15) is 0 Å². The van der Waals surface area contributed by atoms with Gasteiger partial charge in [0.25, 0.3) is 0 Å². The number of benzene rings is 1. The number of nitrogens with zero attached hydrogens (tertiary/aromatic N) is 3. The quantitative estimate of drug-likeness (QED) is 0.710. The highest BCUT2D eigenvalue weighted by Gasteiger charge is 2.15. The van der Waals surface area contributed by atoms with Gasteiger partial charge in [-0.25, -0.2) is 4.98 Å². The summed E-state index contributed by atoms with van der Waals surface area (Å²) in [5, 5.41) is 8.98. The van der Waals surface area contributed by atoms with Gasteiger partial charge in [-0.15, -0.1) is 11.3 Å². The standard InChI is InChI=1S/C17H17N3S/c1-11(2)13-4-6-14(7-5-13)16-12(3)21-17-19-10-15(8-9-18)20(16)17/h4-7,10-11H,8H2,1-3H3. The molecule has 3 aromatic rings. The van der Waals surface area contributed by atoms with Crippen molar-refractivity contribution in [2.75, 3.05) is 0 Å². The molecule has 0 atom stereocenters. The number of imidazole rings is 1. The second-order valence-electron chi connectivity index (χ2n) is 5.49. The van der Waals surface area contributed by atoms with Gasteiger partial charge in [-0.2, -0.15) is 5.26 Å². The van der Waals surface area contributed by atoms with E-state index in [9.17, 15) is 0 Å². The van der Waals surface area contributed by atoms with Gasteiger partial charge in [-0.05, 0) is 24.0 Å². The molecule has 2 aromatic heterocycles. The largest absolute Gasteiger partial charge is 0.286 e. The zero-order valence-electron chi connectivity index (χ0n) is 12.4. The predicted octanol–water partition coefficient (Wildman–Crippen LogP) is 4.56. The van der Waals surface area contributed by atoms with Crippen LogP contribution in [0.1, 0.15) is 35.9 Å². The van der Waals surface area contributed by atoms with Crippen molar-refractivity contribution < 1.29 is 0 Å². The number of fused-ring (bicyclic) bond motifs is 1. The maximum absolute atomic E-state index is 8.98. The van der Waals surface area contributed by atoms with Crippen molar-refractivity contribution in [2.24, 2.45) is 0 Å². The first-order chi connectivity index (χ1) is 10.1. The van der Waals surface area contributed by atoms with Crippen LogP contribution in [0.3, 0.4) is 0 Å². The Kier molecular flexibility index (Phi) is 3.52. The van der Waals surface area contributed by atoms with E-state index in [1.54, 1.807) is 17.5 Å². The lowest BCUT2D eigenvalue weighted by Gasteiger charge is -2.08. The maximum atomic E-state index is 8.98. The Labute approximate surface area is 128 Å². The van der Waals surface area contributed by atoms with Crippen molar-refractivity contribution in [1.82, 2.24) is 9.38 Å². The van der Waals surface area contributed by atoms with Gasteiger partial charge in [-0.3, -0.25) is 4.40 Å². The second kappa shape index (κ2) is 5.34. The SMILES string of the molecule is Cc1sc2ncc(CC#N)n2c1-c1ccc(C(C)C)cc1. The number of hydrogen-bond donors (Lipinski definition) is 0. The van der Waals surface area contributed by atoms with Crippen molar-refractivity contribution in [3.8, 4) is 17.3 Å². The normalized spacial score (nSPS) is 11.2. The smallest absolute Gasteiger partial charge is 0.194 e. The average Bonchev–Trinajstić information content (AvgIpc) is 2.98. The molecule has 0 aliphatic rings. The van der Waals surface area contributed by atoms with Gasteiger partial charge in [-0.1, -0.05) is 38.1 Å². The zero-order chi connectivity index (χ0) is 15.0. The lowest BCUT2D eigenvalue weighted by molar-refractivity contribution is 0.867. The third-order valence-electron chi connectivity index (χ3n) is 3.71. The van der Waals surface area contributed by atoms with Crippen LogP contribution in [-0.2, 0) is 6.42 Å². The van der Waals surface area contributed by atoms with Crippen LogP contribution in [0, 0.1) is 18.3 Å². The molecule has 0 saturated heterocycles. The molecule has 0 amide bonds. The summed E-state index contributed by atoms with van der Waals surface area (Å²) in [4.78, 5) is 6.61. The van der Waals surface area contributed by atoms with Gasteiger partial charge in [0, 0.05) is 4.88 Å². The molecule has 3 nitrogen and oxygen atoms in total. The van der Waals surface area contributed by atoms with Crippen LogP contribution in [0.4, 0.5) is 0 Å². The van der Waals surface area contributed by atoms with E-state index in [2.05, 4.69) is 60.5 Å². The molecule has 21 heavy (non-hydrogen) atoms. The van der Waals surface area contributed by atoms with E-state index in [-0.39, 0.29) is 0 Å². The van der Waals surface area contributed by atoms with Crippen LogP contribution in [0.5, 0.6) is 0 Å². The van der Waals surface area contributed by atoms with E-state index < -0.39 is 0 Å². The minimum absolute atomic E-state index is 0.383. The summed E-state index contributed by atoms with van der Waals surface area (Å²) in [7, 11) is 0. The molecule has 0 fully saturated rings. The Hall–Kier alpha value is -2.12. The van der Waals surface area contributed by atoms with E-state index >= 15 is 0 Å². The molecule has 0 saturated carbocycles. The molecule has 0 spiro atoms. The van der Waals surface area contributed by atoms with Crippen molar-refractivity contribution in [3.05, 3.63) is 46.6 Å². The molecule has 0 radical (unpaired) electrons. The number of thiazole rings is 1. The molecular weight excluding hydrogens is 278 g/mol. The summed E-state index contributed by atoms with van der Waals surface area (Å²) in [5.41, 5.74) is 4.64. The fourth-order valence-corrected chi connectivity index (χ4v) is 3.57. The number of hydrogen-bond acceptors (Lipinski definition) is 3. The molecule has 0 aliphatic heterocycles. The minimum atomic E-state index is 0.383. The fraction of sp³-hybridized carbons (Fsp3) is 0.294. The van der Waals surface area contributed by atoms with Crippen LogP contribution >= 0.6 is 11.3 Å². The molecule has 106 valence electrons. The van der Waals surface area contributed by atoms with Gasteiger partial charge >= 0.3 is 0 Å². The summed E-state index contributed by atoms with van der Waals surface area (Å²) in [6.45, 7) is 6.51.